The summed E-state index contributed by atoms with van der Waals surface area (Å²) in [6.45, 7) is 6.93. The SMILES string of the molecule is COc1ccc(-c2ccc3nc(NC(C)=O)nc(N4CCN(c5ccc(C)cc5)CC4)c3c2)cc1OC. The van der Waals surface area contributed by atoms with Gasteiger partial charge in [-0.05, 0) is 54.4 Å². The lowest BCUT2D eigenvalue weighted by atomic mass is 10.0. The molecule has 1 aromatic heterocycles. The standard InChI is InChI=1S/C29H31N5O3/c1-19-5-9-23(10-6-19)33-13-15-34(16-14-33)28-24-17-21(22-8-12-26(36-3)27(18-22)37-4)7-11-25(24)31-29(32-28)30-20(2)35/h5-12,17-18H,13-16H2,1-4H3,(H,30,31,32,35). The maximum Gasteiger partial charge on any atom is 0.231 e. The van der Waals surface area contributed by atoms with Crippen LogP contribution in [0.4, 0.5) is 17.5 Å². The number of amides is 1. The molecule has 2 heterocycles. The Morgan fingerprint density at radius 1 is 0.811 bits per heavy atom. The van der Waals surface area contributed by atoms with Gasteiger partial charge in [0.05, 0.1) is 19.7 Å². The molecule has 8 heteroatoms. The second-order valence-electron chi connectivity index (χ2n) is 9.16. The first-order valence-electron chi connectivity index (χ1n) is 12.3. The first kappa shape index (κ1) is 24.4. The number of hydrogen-bond acceptors (Lipinski definition) is 7. The fraction of sp³-hybridized carbons (Fsp3) is 0.276. The van der Waals surface area contributed by atoms with E-state index < -0.39 is 0 Å². The van der Waals surface area contributed by atoms with Crippen LogP contribution >= 0.6 is 0 Å². The van der Waals surface area contributed by atoms with Crippen molar-refractivity contribution in [3.8, 4) is 22.6 Å². The molecule has 1 N–H and O–H groups in total. The first-order chi connectivity index (χ1) is 17.9. The zero-order valence-electron chi connectivity index (χ0n) is 21.6. The number of aromatic nitrogens is 2. The molecule has 0 radical (unpaired) electrons. The van der Waals surface area contributed by atoms with Crippen molar-refractivity contribution in [2.45, 2.75) is 13.8 Å². The third-order valence-corrected chi connectivity index (χ3v) is 6.66. The minimum Gasteiger partial charge on any atom is -0.493 e. The molecule has 4 aromatic rings. The Kier molecular flexibility index (Phi) is 6.81. The molecule has 1 aliphatic rings. The molecule has 190 valence electrons. The maximum absolute atomic E-state index is 11.8. The van der Waals surface area contributed by atoms with Crippen molar-refractivity contribution in [2.24, 2.45) is 0 Å². The van der Waals surface area contributed by atoms with Gasteiger partial charge >= 0.3 is 0 Å². The molecule has 1 amide bonds. The number of aryl methyl sites for hydroxylation is 1. The summed E-state index contributed by atoms with van der Waals surface area (Å²) in [6.07, 6.45) is 0. The number of anilines is 3. The van der Waals surface area contributed by atoms with Gasteiger partial charge in [-0.3, -0.25) is 10.1 Å². The summed E-state index contributed by atoms with van der Waals surface area (Å²) in [7, 11) is 3.26. The number of benzene rings is 3. The minimum atomic E-state index is -0.198. The summed E-state index contributed by atoms with van der Waals surface area (Å²) in [5, 5.41) is 3.70. The van der Waals surface area contributed by atoms with Gasteiger partial charge in [0.15, 0.2) is 11.5 Å². The lowest BCUT2D eigenvalue weighted by molar-refractivity contribution is -0.114. The number of fused-ring (bicyclic) bond motifs is 1. The van der Waals surface area contributed by atoms with Crippen LogP contribution in [0.25, 0.3) is 22.0 Å². The second-order valence-corrected chi connectivity index (χ2v) is 9.16. The van der Waals surface area contributed by atoms with Gasteiger partial charge in [-0.1, -0.05) is 29.8 Å². The van der Waals surface area contributed by atoms with Gasteiger partial charge in [0.2, 0.25) is 11.9 Å². The molecule has 0 unspecified atom stereocenters. The summed E-state index contributed by atoms with van der Waals surface area (Å²) < 4.78 is 10.9. The molecule has 3 aromatic carbocycles. The number of ether oxygens (including phenoxy) is 2. The van der Waals surface area contributed by atoms with E-state index in [4.69, 9.17) is 14.5 Å². The molecule has 8 nitrogen and oxygen atoms in total. The average molecular weight is 498 g/mol. The Bertz CT molecular complexity index is 1430. The predicted molar refractivity (Wildman–Crippen MR) is 148 cm³/mol. The van der Waals surface area contributed by atoms with Gasteiger partial charge in [0.1, 0.15) is 5.82 Å². The summed E-state index contributed by atoms with van der Waals surface area (Å²) in [4.78, 5) is 25.8. The molecular weight excluding hydrogens is 466 g/mol. The van der Waals surface area contributed by atoms with Crippen LogP contribution in [0.5, 0.6) is 11.5 Å². The van der Waals surface area contributed by atoms with Crippen LogP contribution in [0, 0.1) is 6.92 Å². The van der Waals surface area contributed by atoms with Gasteiger partial charge < -0.3 is 19.3 Å². The van der Waals surface area contributed by atoms with Gasteiger partial charge in [0.25, 0.3) is 0 Å². The fourth-order valence-electron chi connectivity index (χ4n) is 4.69. The zero-order chi connectivity index (χ0) is 25.9. The van der Waals surface area contributed by atoms with E-state index in [1.807, 2.05) is 30.3 Å². The Morgan fingerprint density at radius 2 is 1.46 bits per heavy atom. The molecule has 5 rings (SSSR count). The largest absolute Gasteiger partial charge is 0.493 e. The second kappa shape index (κ2) is 10.3. The molecule has 1 saturated heterocycles. The van der Waals surface area contributed by atoms with Crippen molar-refractivity contribution in [3.05, 3.63) is 66.2 Å². The van der Waals surface area contributed by atoms with Crippen molar-refractivity contribution in [1.82, 2.24) is 9.97 Å². The zero-order valence-corrected chi connectivity index (χ0v) is 21.6. The van der Waals surface area contributed by atoms with E-state index in [2.05, 4.69) is 57.4 Å². The highest BCUT2D eigenvalue weighted by molar-refractivity contribution is 5.96. The smallest absolute Gasteiger partial charge is 0.231 e. The number of piperazine rings is 1. The van der Waals surface area contributed by atoms with E-state index in [0.717, 1.165) is 54.0 Å². The maximum atomic E-state index is 11.8. The Hall–Kier alpha value is -4.33. The number of carbonyl (C=O) groups is 1. The van der Waals surface area contributed by atoms with Crippen molar-refractivity contribution in [1.29, 1.82) is 0 Å². The monoisotopic (exact) mass is 497 g/mol. The van der Waals surface area contributed by atoms with E-state index in [9.17, 15) is 4.79 Å². The van der Waals surface area contributed by atoms with E-state index >= 15 is 0 Å². The van der Waals surface area contributed by atoms with Crippen molar-refractivity contribution in [2.75, 3.05) is 55.5 Å². The molecular formula is C29H31N5O3. The Morgan fingerprint density at radius 3 is 2.14 bits per heavy atom. The average Bonchev–Trinajstić information content (AvgIpc) is 2.92. The van der Waals surface area contributed by atoms with Crippen LogP contribution in [-0.4, -0.2) is 56.3 Å². The van der Waals surface area contributed by atoms with E-state index in [-0.39, 0.29) is 5.91 Å². The van der Waals surface area contributed by atoms with Gasteiger partial charge in [-0.15, -0.1) is 0 Å². The van der Waals surface area contributed by atoms with Crippen LogP contribution < -0.4 is 24.6 Å². The predicted octanol–water partition coefficient (Wildman–Crippen LogP) is 4.91. The summed E-state index contributed by atoms with van der Waals surface area (Å²) in [5.74, 6) is 2.29. The number of nitrogens with zero attached hydrogens (tertiary/aromatic N) is 4. The third-order valence-electron chi connectivity index (χ3n) is 6.66. The van der Waals surface area contributed by atoms with Crippen LogP contribution in [0.1, 0.15) is 12.5 Å². The topological polar surface area (TPSA) is 79.8 Å². The quantitative estimate of drug-likeness (QED) is 0.406. The fourth-order valence-corrected chi connectivity index (χ4v) is 4.69. The molecule has 1 fully saturated rings. The summed E-state index contributed by atoms with van der Waals surface area (Å²) in [5.41, 5.74) is 5.28. The Balaban J connectivity index is 1.51. The summed E-state index contributed by atoms with van der Waals surface area (Å²) >= 11 is 0. The molecule has 0 saturated carbocycles. The highest BCUT2D eigenvalue weighted by atomic mass is 16.5. The molecule has 37 heavy (non-hydrogen) atoms. The normalized spacial score (nSPS) is 13.5. The van der Waals surface area contributed by atoms with Gasteiger partial charge in [-0.25, -0.2) is 4.98 Å². The van der Waals surface area contributed by atoms with E-state index in [1.54, 1.807) is 14.2 Å². The van der Waals surface area contributed by atoms with Crippen LogP contribution in [0.3, 0.4) is 0 Å². The number of carbonyl (C=O) groups excluding carboxylic acids is 1. The van der Waals surface area contributed by atoms with Crippen LogP contribution in [0.15, 0.2) is 60.7 Å². The van der Waals surface area contributed by atoms with Crippen LogP contribution in [0.2, 0.25) is 0 Å². The van der Waals surface area contributed by atoms with Crippen molar-refractivity contribution >= 4 is 34.3 Å². The number of nitrogens with one attached hydrogen (secondary N) is 1. The van der Waals surface area contributed by atoms with Crippen molar-refractivity contribution in [3.63, 3.8) is 0 Å². The van der Waals surface area contributed by atoms with Crippen molar-refractivity contribution < 1.29 is 14.3 Å². The molecule has 0 spiro atoms. The molecule has 0 atom stereocenters. The number of hydrogen-bond donors (Lipinski definition) is 1. The lowest BCUT2D eigenvalue weighted by Crippen LogP contribution is -2.47. The summed E-state index contributed by atoms with van der Waals surface area (Å²) in [6, 6.07) is 20.6. The molecule has 0 aliphatic carbocycles. The Labute approximate surface area is 216 Å². The highest BCUT2D eigenvalue weighted by Crippen LogP contribution is 2.35. The van der Waals surface area contributed by atoms with Gasteiger partial charge in [-0.2, -0.15) is 4.98 Å². The minimum absolute atomic E-state index is 0.198. The molecule has 0 bridgehead atoms. The number of rotatable bonds is 6. The molecule has 1 aliphatic heterocycles. The lowest BCUT2D eigenvalue weighted by Gasteiger charge is -2.37. The first-order valence-corrected chi connectivity index (χ1v) is 12.3. The van der Waals surface area contributed by atoms with Gasteiger partial charge in [0, 0.05) is 44.2 Å². The third kappa shape index (κ3) is 5.14. The van der Waals surface area contributed by atoms with E-state index in [1.165, 1.54) is 18.2 Å². The highest BCUT2D eigenvalue weighted by Gasteiger charge is 2.22. The number of methoxy groups -OCH3 is 2. The van der Waals surface area contributed by atoms with E-state index in [0.29, 0.717) is 17.4 Å². The van der Waals surface area contributed by atoms with Crippen LogP contribution in [-0.2, 0) is 4.79 Å².